The summed E-state index contributed by atoms with van der Waals surface area (Å²) in [5, 5.41) is 0.380. The Bertz CT molecular complexity index is 820. The first-order valence-corrected chi connectivity index (χ1v) is 9.32. The fourth-order valence-corrected chi connectivity index (χ4v) is 3.27. The minimum Gasteiger partial charge on any atom is -0.444 e. The van der Waals surface area contributed by atoms with E-state index in [0.717, 1.165) is 0 Å². The highest BCUT2D eigenvalue weighted by Gasteiger charge is 2.48. The van der Waals surface area contributed by atoms with Crippen LogP contribution in [-0.4, -0.2) is 59.2 Å². The third kappa shape index (κ3) is 3.94. The second kappa shape index (κ2) is 7.46. The summed E-state index contributed by atoms with van der Waals surface area (Å²) in [4.78, 5) is 56.0. The molecule has 0 N–H and O–H groups in total. The number of likely N-dealkylation sites (tertiary alicyclic amines) is 1. The molecule has 156 valence electrons. The minimum absolute atomic E-state index is 0.00918. The number of hydrogen-bond acceptors (Lipinski definition) is 6. The number of piperidine rings is 1. The molecule has 2 aliphatic heterocycles. The molecule has 1 fully saturated rings. The molecule has 1 saturated heterocycles. The Hall–Kier alpha value is -2.97. The number of alkyl halides is 1. The molecule has 29 heavy (non-hydrogen) atoms. The SMILES string of the molecule is CC(C)(C)OC(=O)N1CCC(CF)(C(=O)ON2C(=O)c3ccccc3C2=O)CC1. The molecule has 0 aromatic heterocycles. The molecule has 8 nitrogen and oxygen atoms in total. The zero-order chi connectivity index (χ0) is 21.4. The molecule has 2 aliphatic rings. The standard InChI is InChI=1S/C20H23FN2O6/c1-19(2,3)28-18(27)22-10-8-20(12-21,9-11-22)17(26)29-23-15(24)13-6-4-5-7-14(13)16(23)25/h4-7H,8-12H2,1-3H3. The van der Waals surface area contributed by atoms with E-state index in [0.29, 0.717) is 5.06 Å². The van der Waals surface area contributed by atoms with Gasteiger partial charge in [0.2, 0.25) is 0 Å². The maximum Gasteiger partial charge on any atom is 0.410 e. The zero-order valence-electron chi connectivity index (χ0n) is 16.6. The van der Waals surface area contributed by atoms with Crippen molar-refractivity contribution in [2.45, 2.75) is 39.2 Å². The summed E-state index contributed by atoms with van der Waals surface area (Å²) in [5.41, 5.74) is -1.96. The number of rotatable bonds is 3. The maximum absolute atomic E-state index is 13.9. The Balaban J connectivity index is 1.67. The number of hydroxylamine groups is 2. The van der Waals surface area contributed by atoms with Gasteiger partial charge in [-0.05, 0) is 45.7 Å². The lowest BCUT2D eigenvalue weighted by molar-refractivity contribution is -0.185. The lowest BCUT2D eigenvalue weighted by Crippen LogP contribution is -2.50. The summed E-state index contributed by atoms with van der Waals surface area (Å²) in [6.07, 6.45) is -0.561. The van der Waals surface area contributed by atoms with Crippen molar-refractivity contribution in [3.63, 3.8) is 0 Å². The van der Waals surface area contributed by atoms with Crippen molar-refractivity contribution in [3.05, 3.63) is 35.4 Å². The molecule has 0 spiro atoms. The fourth-order valence-electron chi connectivity index (χ4n) is 3.27. The molecular weight excluding hydrogens is 383 g/mol. The van der Waals surface area contributed by atoms with Crippen LogP contribution in [0, 0.1) is 5.41 Å². The predicted molar refractivity (Wildman–Crippen MR) is 98.5 cm³/mol. The van der Waals surface area contributed by atoms with Gasteiger partial charge >= 0.3 is 12.1 Å². The minimum atomic E-state index is -1.53. The van der Waals surface area contributed by atoms with Crippen molar-refractivity contribution >= 4 is 23.9 Å². The van der Waals surface area contributed by atoms with Crippen molar-refractivity contribution in [1.82, 2.24) is 9.96 Å². The first kappa shape index (κ1) is 20.8. The molecule has 1 aromatic carbocycles. The molecule has 3 rings (SSSR count). The topological polar surface area (TPSA) is 93.2 Å². The molecule has 0 saturated carbocycles. The van der Waals surface area contributed by atoms with E-state index in [1.807, 2.05) is 0 Å². The van der Waals surface area contributed by atoms with Crippen molar-refractivity contribution < 1.29 is 33.1 Å². The maximum atomic E-state index is 13.9. The fraction of sp³-hybridized carbons (Fsp3) is 0.500. The number of carbonyl (C=O) groups excluding carboxylic acids is 4. The van der Waals surface area contributed by atoms with Crippen molar-refractivity contribution in [3.8, 4) is 0 Å². The van der Waals surface area contributed by atoms with E-state index >= 15 is 0 Å². The molecule has 2 heterocycles. The Kier molecular flexibility index (Phi) is 5.34. The van der Waals surface area contributed by atoms with Gasteiger partial charge in [-0.1, -0.05) is 17.2 Å². The van der Waals surface area contributed by atoms with Gasteiger partial charge in [-0.2, -0.15) is 0 Å². The van der Waals surface area contributed by atoms with Crippen molar-refractivity contribution in [2.24, 2.45) is 5.41 Å². The summed E-state index contributed by atoms with van der Waals surface area (Å²) in [7, 11) is 0. The van der Waals surface area contributed by atoms with Crippen LogP contribution in [0.25, 0.3) is 0 Å². The molecular formula is C20H23FN2O6. The largest absolute Gasteiger partial charge is 0.444 e. The number of halogens is 1. The van der Waals surface area contributed by atoms with Crippen LogP contribution in [0.2, 0.25) is 0 Å². The Labute approximate surface area is 167 Å². The molecule has 0 aliphatic carbocycles. The van der Waals surface area contributed by atoms with Gasteiger partial charge in [-0.15, -0.1) is 0 Å². The Morgan fingerprint density at radius 1 is 1.07 bits per heavy atom. The highest BCUT2D eigenvalue weighted by atomic mass is 19.1. The molecule has 9 heteroatoms. The summed E-state index contributed by atoms with van der Waals surface area (Å²) in [5.74, 6) is -2.53. The van der Waals surface area contributed by atoms with Gasteiger partial charge in [0.05, 0.1) is 11.1 Å². The molecule has 0 radical (unpaired) electrons. The van der Waals surface area contributed by atoms with E-state index in [-0.39, 0.29) is 37.1 Å². The number of hydrogen-bond donors (Lipinski definition) is 0. The first-order chi connectivity index (χ1) is 13.6. The molecule has 0 bridgehead atoms. The van der Waals surface area contributed by atoms with Gasteiger partial charge in [0.25, 0.3) is 11.8 Å². The average Bonchev–Trinajstić information content (AvgIpc) is 2.92. The second-order valence-corrected chi connectivity index (χ2v) is 8.21. The van der Waals surface area contributed by atoms with Crippen LogP contribution in [0.3, 0.4) is 0 Å². The summed E-state index contributed by atoms with van der Waals surface area (Å²) < 4.78 is 19.2. The first-order valence-electron chi connectivity index (χ1n) is 9.32. The zero-order valence-corrected chi connectivity index (χ0v) is 16.6. The van der Waals surface area contributed by atoms with Gasteiger partial charge in [-0.3, -0.25) is 9.59 Å². The van der Waals surface area contributed by atoms with Crippen molar-refractivity contribution in [2.75, 3.05) is 19.8 Å². The van der Waals surface area contributed by atoms with Gasteiger partial charge in [0, 0.05) is 13.1 Å². The number of benzene rings is 1. The van der Waals surface area contributed by atoms with Crippen LogP contribution in [0.5, 0.6) is 0 Å². The monoisotopic (exact) mass is 406 g/mol. The van der Waals surface area contributed by atoms with E-state index < -0.39 is 41.6 Å². The summed E-state index contributed by atoms with van der Waals surface area (Å²) >= 11 is 0. The van der Waals surface area contributed by atoms with E-state index in [1.165, 1.54) is 17.0 Å². The number of amides is 3. The van der Waals surface area contributed by atoms with Crippen molar-refractivity contribution in [1.29, 1.82) is 0 Å². The normalized spacial score (nSPS) is 18.5. The Morgan fingerprint density at radius 2 is 1.59 bits per heavy atom. The van der Waals surface area contributed by atoms with Gasteiger partial charge < -0.3 is 14.5 Å². The lowest BCUT2D eigenvalue weighted by atomic mass is 9.80. The molecule has 0 unspecified atom stereocenters. The Morgan fingerprint density at radius 3 is 2.03 bits per heavy atom. The van der Waals surface area contributed by atoms with Crippen LogP contribution < -0.4 is 0 Å². The predicted octanol–water partition coefficient (Wildman–Crippen LogP) is 2.73. The summed E-state index contributed by atoms with van der Waals surface area (Å²) in [6, 6.07) is 6.08. The van der Waals surface area contributed by atoms with Crippen LogP contribution in [0.4, 0.5) is 9.18 Å². The van der Waals surface area contributed by atoms with Gasteiger partial charge in [0.1, 0.15) is 17.7 Å². The van der Waals surface area contributed by atoms with E-state index in [4.69, 9.17) is 9.57 Å². The lowest BCUT2D eigenvalue weighted by Gasteiger charge is -2.38. The molecule has 0 atom stereocenters. The van der Waals surface area contributed by atoms with E-state index in [1.54, 1.807) is 32.9 Å². The highest BCUT2D eigenvalue weighted by molar-refractivity contribution is 6.20. The smallest absolute Gasteiger partial charge is 0.410 e. The number of imide groups is 1. The average molecular weight is 406 g/mol. The number of nitrogens with zero attached hydrogens (tertiary/aromatic N) is 2. The quantitative estimate of drug-likeness (QED) is 0.717. The molecule has 3 amide bonds. The summed E-state index contributed by atoms with van der Waals surface area (Å²) in [6.45, 7) is 4.36. The van der Waals surface area contributed by atoms with E-state index in [9.17, 15) is 23.6 Å². The third-order valence-electron chi connectivity index (χ3n) is 4.99. The number of fused-ring (bicyclic) bond motifs is 1. The van der Waals surface area contributed by atoms with Crippen LogP contribution in [-0.2, 0) is 14.4 Å². The number of ether oxygens (including phenoxy) is 1. The third-order valence-corrected chi connectivity index (χ3v) is 4.99. The van der Waals surface area contributed by atoms with E-state index in [2.05, 4.69) is 0 Å². The van der Waals surface area contributed by atoms with Gasteiger partial charge in [0.15, 0.2) is 0 Å². The number of carbonyl (C=O) groups is 4. The van der Waals surface area contributed by atoms with Crippen LogP contribution in [0.15, 0.2) is 24.3 Å². The highest BCUT2D eigenvalue weighted by Crippen LogP contribution is 2.35. The second-order valence-electron chi connectivity index (χ2n) is 8.21. The van der Waals surface area contributed by atoms with Crippen LogP contribution in [0.1, 0.15) is 54.3 Å². The van der Waals surface area contributed by atoms with Gasteiger partial charge in [-0.25, -0.2) is 14.0 Å². The van der Waals surface area contributed by atoms with Crippen LogP contribution >= 0.6 is 0 Å². The molecule has 1 aromatic rings.